The molecule has 1 aliphatic heterocycles. The lowest BCUT2D eigenvalue weighted by Crippen LogP contribution is -2.48. The van der Waals surface area contributed by atoms with Gasteiger partial charge < -0.3 is 4.90 Å². The standard InChI is InChI=1S/C18H21F2N3O3S2/c1-18(2,28(25,26)15-10-13(19)9-14(20)11-15)12-4-7-23(8-5-12)17(24)22-16-3-6-21-27-16/h3,6,9-12H,4-5,7-8H2,1-2H3,(H,22,24). The summed E-state index contributed by atoms with van der Waals surface area (Å²) in [6.45, 7) is 3.93. The summed E-state index contributed by atoms with van der Waals surface area (Å²) in [5.41, 5.74) is 0. The number of hydrogen-bond acceptors (Lipinski definition) is 5. The molecule has 1 aromatic carbocycles. The zero-order valence-electron chi connectivity index (χ0n) is 15.5. The van der Waals surface area contributed by atoms with Crippen molar-refractivity contribution >= 4 is 32.4 Å². The number of amides is 2. The molecule has 6 nitrogen and oxygen atoms in total. The summed E-state index contributed by atoms with van der Waals surface area (Å²) in [5, 5.41) is 3.40. The van der Waals surface area contributed by atoms with Gasteiger partial charge in [0.1, 0.15) is 16.6 Å². The number of benzene rings is 1. The number of carbonyl (C=O) groups is 1. The number of likely N-dealkylation sites (tertiary alicyclic amines) is 1. The number of anilines is 1. The fourth-order valence-electron chi connectivity index (χ4n) is 3.45. The smallest absolute Gasteiger partial charge is 0.322 e. The van der Waals surface area contributed by atoms with E-state index >= 15 is 0 Å². The van der Waals surface area contributed by atoms with Gasteiger partial charge in [-0.15, -0.1) is 0 Å². The van der Waals surface area contributed by atoms with Gasteiger partial charge in [-0.05, 0) is 62.3 Å². The average molecular weight is 430 g/mol. The van der Waals surface area contributed by atoms with E-state index in [2.05, 4.69) is 9.69 Å². The molecule has 0 radical (unpaired) electrons. The molecular formula is C18H21F2N3O3S2. The number of rotatable bonds is 4. The Morgan fingerprint density at radius 1 is 1.21 bits per heavy atom. The van der Waals surface area contributed by atoms with Crippen LogP contribution in [-0.2, 0) is 9.84 Å². The first kappa shape index (κ1) is 20.7. The maximum atomic E-state index is 13.5. The summed E-state index contributed by atoms with van der Waals surface area (Å²) in [5.74, 6) is -2.11. The summed E-state index contributed by atoms with van der Waals surface area (Å²) in [6.07, 6.45) is 2.54. The van der Waals surface area contributed by atoms with E-state index < -0.39 is 26.2 Å². The molecule has 2 amide bonds. The Labute approximate surface area is 166 Å². The highest BCUT2D eigenvalue weighted by molar-refractivity contribution is 7.92. The number of hydrogen-bond donors (Lipinski definition) is 1. The largest absolute Gasteiger partial charge is 0.324 e. The van der Waals surface area contributed by atoms with Crippen molar-refractivity contribution < 1.29 is 22.0 Å². The van der Waals surface area contributed by atoms with E-state index in [1.807, 2.05) is 0 Å². The number of piperidine rings is 1. The molecular weight excluding hydrogens is 408 g/mol. The Hall–Kier alpha value is -2.07. The van der Waals surface area contributed by atoms with Crippen LogP contribution in [0.3, 0.4) is 0 Å². The van der Waals surface area contributed by atoms with Crippen LogP contribution in [0.4, 0.5) is 18.6 Å². The SMILES string of the molecule is CC(C)(C1CCN(C(=O)Nc2ccns2)CC1)S(=O)(=O)c1cc(F)cc(F)c1. The van der Waals surface area contributed by atoms with Gasteiger partial charge in [-0.2, -0.15) is 4.37 Å². The number of carbonyl (C=O) groups excluding carboxylic acids is 1. The van der Waals surface area contributed by atoms with Gasteiger partial charge in [0.25, 0.3) is 0 Å². The Bertz CT molecular complexity index is 934. The number of nitrogens with one attached hydrogen (secondary N) is 1. The van der Waals surface area contributed by atoms with E-state index in [1.165, 1.54) is 11.5 Å². The summed E-state index contributed by atoms with van der Waals surface area (Å²) < 4.78 is 55.8. The van der Waals surface area contributed by atoms with Gasteiger partial charge in [-0.1, -0.05) is 0 Å². The molecule has 0 atom stereocenters. The third-order valence-electron chi connectivity index (χ3n) is 5.27. The third-order valence-corrected chi connectivity index (χ3v) is 8.51. The Kier molecular flexibility index (Phi) is 5.72. The van der Waals surface area contributed by atoms with E-state index in [0.717, 1.165) is 12.1 Å². The first-order valence-electron chi connectivity index (χ1n) is 8.78. The number of urea groups is 1. The number of aromatic nitrogens is 1. The minimum Gasteiger partial charge on any atom is -0.324 e. The summed E-state index contributed by atoms with van der Waals surface area (Å²) in [6, 6.07) is 3.78. The molecule has 1 saturated heterocycles. The molecule has 0 unspecified atom stereocenters. The van der Waals surface area contributed by atoms with Crippen LogP contribution in [0.5, 0.6) is 0 Å². The van der Waals surface area contributed by atoms with Gasteiger partial charge in [0, 0.05) is 25.4 Å². The molecule has 1 N–H and O–H groups in total. The van der Waals surface area contributed by atoms with Crippen LogP contribution < -0.4 is 5.32 Å². The van der Waals surface area contributed by atoms with Crippen LogP contribution in [0.25, 0.3) is 0 Å². The van der Waals surface area contributed by atoms with E-state index in [4.69, 9.17) is 0 Å². The lowest BCUT2D eigenvalue weighted by Gasteiger charge is -2.40. The van der Waals surface area contributed by atoms with Crippen LogP contribution in [0.2, 0.25) is 0 Å². The number of nitrogens with zero attached hydrogens (tertiary/aromatic N) is 2. The van der Waals surface area contributed by atoms with Gasteiger partial charge in [-0.3, -0.25) is 5.32 Å². The maximum Gasteiger partial charge on any atom is 0.322 e. The van der Waals surface area contributed by atoms with Crippen molar-refractivity contribution in [2.75, 3.05) is 18.4 Å². The first-order valence-corrected chi connectivity index (χ1v) is 11.0. The molecule has 1 fully saturated rings. The highest BCUT2D eigenvalue weighted by Gasteiger charge is 2.44. The Morgan fingerprint density at radius 2 is 1.82 bits per heavy atom. The number of sulfone groups is 1. The van der Waals surface area contributed by atoms with Crippen molar-refractivity contribution in [3.63, 3.8) is 0 Å². The minimum absolute atomic E-state index is 0.253. The average Bonchev–Trinajstić information content (AvgIpc) is 3.13. The topological polar surface area (TPSA) is 79.4 Å². The van der Waals surface area contributed by atoms with Crippen molar-refractivity contribution in [3.05, 3.63) is 42.1 Å². The molecule has 2 aromatic rings. The normalized spacial score (nSPS) is 16.2. The summed E-state index contributed by atoms with van der Waals surface area (Å²) in [4.78, 5) is 13.6. The fraction of sp³-hybridized carbons (Fsp3) is 0.444. The van der Waals surface area contributed by atoms with Crippen molar-refractivity contribution in [3.8, 4) is 0 Å². The van der Waals surface area contributed by atoms with Crippen LogP contribution in [0.1, 0.15) is 26.7 Å². The van der Waals surface area contributed by atoms with Gasteiger partial charge >= 0.3 is 6.03 Å². The summed E-state index contributed by atoms with van der Waals surface area (Å²) in [7, 11) is -3.97. The van der Waals surface area contributed by atoms with Crippen LogP contribution in [-0.4, -0.2) is 41.6 Å². The van der Waals surface area contributed by atoms with Crippen LogP contribution in [0.15, 0.2) is 35.4 Å². The molecule has 3 rings (SSSR count). The van der Waals surface area contributed by atoms with E-state index in [0.29, 0.717) is 37.0 Å². The zero-order chi connectivity index (χ0) is 20.5. The maximum absolute atomic E-state index is 13.5. The monoisotopic (exact) mass is 429 g/mol. The third kappa shape index (κ3) is 4.02. The molecule has 152 valence electrons. The molecule has 0 aliphatic carbocycles. The fourth-order valence-corrected chi connectivity index (χ4v) is 5.76. The molecule has 1 aromatic heterocycles. The highest BCUT2D eigenvalue weighted by atomic mass is 32.2. The molecule has 0 bridgehead atoms. The van der Waals surface area contributed by atoms with Crippen LogP contribution >= 0.6 is 11.5 Å². The predicted molar refractivity (Wildman–Crippen MR) is 103 cm³/mol. The molecule has 2 heterocycles. The molecule has 10 heteroatoms. The van der Waals surface area contributed by atoms with Crippen molar-refractivity contribution in [1.29, 1.82) is 0 Å². The van der Waals surface area contributed by atoms with Gasteiger partial charge in [-0.25, -0.2) is 22.0 Å². The van der Waals surface area contributed by atoms with Gasteiger partial charge in [0.2, 0.25) is 0 Å². The second-order valence-corrected chi connectivity index (χ2v) is 10.6. The highest BCUT2D eigenvalue weighted by Crippen LogP contribution is 2.38. The Balaban J connectivity index is 1.70. The zero-order valence-corrected chi connectivity index (χ0v) is 17.1. The van der Waals surface area contributed by atoms with Crippen molar-refractivity contribution in [1.82, 2.24) is 9.27 Å². The van der Waals surface area contributed by atoms with E-state index in [9.17, 15) is 22.0 Å². The van der Waals surface area contributed by atoms with E-state index in [1.54, 1.807) is 31.0 Å². The first-order chi connectivity index (χ1) is 13.1. The lowest BCUT2D eigenvalue weighted by atomic mass is 9.86. The van der Waals surface area contributed by atoms with E-state index in [-0.39, 0.29) is 16.8 Å². The minimum atomic E-state index is -3.97. The quantitative estimate of drug-likeness (QED) is 0.799. The summed E-state index contributed by atoms with van der Waals surface area (Å²) >= 11 is 1.17. The second-order valence-electron chi connectivity index (χ2n) is 7.28. The second kappa shape index (κ2) is 7.75. The van der Waals surface area contributed by atoms with Crippen molar-refractivity contribution in [2.24, 2.45) is 5.92 Å². The van der Waals surface area contributed by atoms with Gasteiger partial charge in [0.15, 0.2) is 9.84 Å². The van der Waals surface area contributed by atoms with Gasteiger partial charge in [0.05, 0.1) is 9.64 Å². The van der Waals surface area contributed by atoms with Crippen LogP contribution in [0, 0.1) is 17.6 Å². The Morgan fingerprint density at radius 3 is 2.36 bits per heavy atom. The van der Waals surface area contributed by atoms with Crippen molar-refractivity contribution in [2.45, 2.75) is 36.3 Å². The number of halogens is 2. The lowest BCUT2D eigenvalue weighted by molar-refractivity contribution is 0.171. The predicted octanol–water partition coefficient (Wildman–Crippen LogP) is 3.92. The molecule has 1 aliphatic rings. The molecule has 0 spiro atoms. The molecule has 0 saturated carbocycles. The molecule has 28 heavy (non-hydrogen) atoms.